The van der Waals surface area contributed by atoms with Crippen LogP contribution in [0.25, 0.3) is 39.4 Å². The van der Waals surface area contributed by atoms with E-state index in [2.05, 4.69) is 133 Å². The molecule has 0 spiro atoms. The van der Waals surface area contributed by atoms with E-state index in [4.69, 9.17) is 0 Å². The predicted molar refractivity (Wildman–Crippen MR) is 167 cm³/mol. The quantitative estimate of drug-likeness (QED) is 0.294. The molecular formula is C37H32N2. The molecule has 1 aliphatic heterocycles. The number of allylic oxidation sites excluding steroid dienone is 9. The molecular weight excluding hydrogens is 472 g/mol. The number of nitrogens with zero attached hydrogens (tertiary/aromatic N) is 1. The maximum absolute atomic E-state index is 4.48. The highest BCUT2D eigenvalue weighted by Crippen LogP contribution is 2.39. The molecule has 1 unspecified atom stereocenters. The Labute approximate surface area is 230 Å². The van der Waals surface area contributed by atoms with E-state index in [-0.39, 0.29) is 0 Å². The van der Waals surface area contributed by atoms with Gasteiger partial charge in [-0.05, 0) is 102 Å². The average molecular weight is 505 g/mol. The first-order chi connectivity index (χ1) is 19.2. The molecule has 190 valence electrons. The molecule has 0 saturated heterocycles. The summed E-state index contributed by atoms with van der Waals surface area (Å²) in [6.45, 7) is 6.78. The lowest BCUT2D eigenvalue weighted by atomic mass is 9.91. The standard InChI is InChI=1S/C37H32N2/c1-25-13-16-32-34-24-29(15-18-36(34)39(37(32)21-25)31-11-7-4-8-12-31)28-14-17-35-33(23-28)26(2)22-30(19-20-38-35)27-9-5-3-6-10-27/h3-5,7-9,11-20,22-25,38H,2,6,10,21H2,1H3/b20-19-,30-22+. The maximum Gasteiger partial charge on any atom is 0.0538 e. The number of anilines is 1. The summed E-state index contributed by atoms with van der Waals surface area (Å²) in [5.41, 5.74) is 13.5. The molecule has 4 aromatic rings. The molecule has 3 aliphatic rings. The fourth-order valence-corrected chi connectivity index (χ4v) is 6.13. The van der Waals surface area contributed by atoms with Crippen LogP contribution in [0.5, 0.6) is 0 Å². The number of rotatable bonds is 3. The maximum atomic E-state index is 4.48. The number of para-hydroxylation sites is 1. The Hall–Kier alpha value is -4.56. The highest BCUT2D eigenvalue weighted by atomic mass is 15.0. The summed E-state index contributed by atoms with van der Waals surface area (Å²) in [4.78, 5) is 0. The van der Waals surface area contributed by atoms with Gasteiger partial charge in [-0.2, -0.15) is 0 Å². The molecule has 0 radical (unpaired) electrons. The van der Waals surface area contributed by atoms with Gasteiger partial charge in [-0.1, -0.05) is 74.2 Å². The summed E-state index contributed by atoms with van der Waals surface area (Å²) in [6.07, 6.45) is 20.9. The first kappa shape index (κ1) is 23.5. The van der Waals surface area contributed by atoms with Crippen molar-refractivity contribution in [1.29, 1.82) is 0 Å². The minimum absolute atomic E-state index is 0.531. The van der Waals surface area contributed by atoms with Crippen molar-refractivity contribution >= 4 is 28.2 Å². The monoisotopic (exact) mass is 504 g/mol. The van der Waals surface area contributed by atoms with Crippen molar-refractivity contribution in [2.24, 2.45) is 5.92 Å². The molecule has 2 aliphatic carbocycles. The Morgan fingerprint density at radius 3 is 2.64 bits per heavy atom. The Morgan fingerprint density at radius 1 is 0.949 bits per heavy atom. The number of hydrogen-bond donors (Lipinski definition) is 1. The van der Waals surface area contributed by atoms with E-state index >= 15 is 0 Å². The zero-order valence-electron chi connectivity index (χ0n) is 22.3. The van der Waals surface area contributed by atoms with E-state index in [9.17, 15) is 0 Å². The van der Waals surface area contributed by atoms with Crippen molar-refractivity contribution in [3.63, 3.8) is 0 Å². The van der Waals surface area contributed by atoms with Crippen LogP contribution in [0.1, 0.15) is 36.6 Å². The number of aromatic nitrogens is 1. The number of hydrogen-bond acceptors (Lipinski definition) is 1. The molecule has 39 heavy (non-hydrogen) atoms. The SMILES string of the molecule is C=C1/C=C(C2=CC=CCC2)\C=C/Nc2ccc(-c3ccc4c(c3)c3c(n4-c4ccccc4)CC(C)C=C3)cc21. The van der Waals surface area contributed by atoms with Crippen molar-refractivity contribution in [1.82, 2.24) is 4.57 Å². The fourth-order valence-electron chi connectivity index (χ4n) is 6.13. The van der Waals surface area contributed by atoms with Crippen LogP contribution in [-0.2, 0) is 6.42 Å². The van der Waals surface area contributed by atoms with E-state index in [1.165, 1.54) is 50.1 Å². The highest BCUT2D eigenvalue weighted by molar-refractivity contribution is 5.97. The summed E-state index contributed by atoms with van der Waals surface area (Å²) < 4.78 is 2.45. The summed E-state index contributed by atoms with van der Waals surface area (Å²) in [5, 5.41) is 4.81. The van der Waals surface area contributed by atoms with Crippen LogP contribution in [-0.4, -0.2) is 4.57 Å². The normalized spacial score (nSPS) is 20.2. The van der Waals surface area contributed by atoms with E-state index in [0.717, 1.165) is 36.1 Å². The highest BCUT2D eigenvalue weighted by Gasteiger charge is 2.22. The molecule has 0 bridgehead atoms. The van der Waals surface area contributed by atoms with Gasteiger partial charge < -0.3 is 9.88 Å². The number of nitrogens with one attached hydrogen (secondary N) is 1. The number of fused-ring (bicyclic) bond motifs is 4. The molecule has 2 heterocycles. The van der Waals surface area contributed by atoms with Gasteiger partial charge in [0.15, 0.2) is 0 Å². The van der Waals surface area contributed by atoms with E-state index in [1.807, 2.05) is 6.20 Å². The summed E-state index contributed by atoms with van der Waals surface area (Å²) in [7, 11) is 0. The van der Waals surface area contributed by atoms with E-state index < -0.39 is 0 Å². The smallest absolute Gasteiger partial charge is 0.0538 e. The van der Waals surface area contributed by atoms with Gasteiger partial charge in [0.2, 0.25) is 0 Å². The molecule has 2 nitrogen and oxygen atoms in total. The molecule has 1 atom stereocenters. The Balaban J connectivity index is 1.33. The van der Waals surface area contributed by atoms with Crippen molar-refractivity contribution < 1.29 is 0 Å². The lowest BCUT2D eigenvalue weighted by molar-refractivity contribution is 0.690. The average Bonchev–Trinajstić information content (AvgIpc) is 3.29. The van der Waals surface area contributed by atoms with Gasteiger partial charge in [0.05, 0.1) is 5.52 Å². The molecule has 1 aromatic heterocycles. The third-order valence-electron chi connectivity index (χ3n) is 8.14. The molecule has 0 fully saturated rings. The van der Waals surface area contributed by atoms with Crippen LogP contribution >= 0.6 is 0 Å². The second kappa shape index (κ2) is 9.63. The minimum Gasteiger partial charge on any atom is -0.361 e. The second-order valence-corrected chi connectivity index (χ2v) is 10.8. The molecule has 0 amide bonds. The second-order valence-electron chi connectivity index (χ2n) is 10.8. The van der Waals surface area contributed by atoms with Gasteiger partial charge in [-0.15, -0.1) is 0 Å². The van der Waals surface area contributed by atoms with Crippen LogP contribution in [0, 0.1) is 5.92 Å². The first-order valence-corrected chi connectivity index (χ1v) is 13.9. The molecule has 3 aromatic carbocycles. The van der Waals surface area contributed by atoms with E-state index in [0.29, 0.717) is 5.92 Å². The van der Waals surface area contributed by atoms with Crippen molar-refractivity contribution in [2.75, 3.05) is 5.32 Å². The van der Waals surface area contributed by atoms with E-state index in [1.54, 1.807) is 0 Å². The number of benzene rings is 3. The third-order valence-corrected chi connectivity index (χ3v) is 8.14. The third kappa shape index (κ3) is 4.23. The zero-order chi connectivity index (χ0) is 26.3. The Kier molecular flexibility index (Phi) is 5.82. The van der Waals surface area contributed by atoms with Gasteiger partial charge in [0, 0.05) is 39.8 Å². The zero-order valence-corrected chi connectivity index (χ0v) is 22.3. The molecule has 0 saturated carbocycles. The van der Waals surface area contributed by atoms with Gasteiger partial charge in [0.1, 0.15) is 0 Å². The largest absolute Gasteiger partial charge is 0.361 e. The van der Waals surface area contributed by atoms with Crippen LogP contribution in [0.4, 0.5) is 5.69 Å². The molecule has 7 rings (SSSR count). The van der Waals surface area contributed by atoms with Crippen LogP contribution in [0.3, 0.4) is 0 Å². The summed E-state index contributed by atoms with van der Waals surface area (Å²) in [6, 6.07) is 24.4. The van der Waals surface area contributed by atoms with Gasteiger partial charge >= 0.3 is 0 Å². The van der Waals surface area contributed by atoms with Gasteiger partial charge in [-0.3, -0.25) is 0 Å². The fraction of sp³-hybridized carbons (Fsp3) is 0.135. The van der Waals surface area contributed by atoms with Gasteiger partial charge in [0.25, 0.3) is 0 Å². The first-order valence-electron chi connectivity index (χ1n) is 13.9. The Bertz CT molecular complexity index is 1770. The topological polar surface area (TPSA) is 17.0 Å². The predicted octanol–water partition coefficient (Wildman–Crippen LogP) is 9.66. The van der Waals surface area contributed by atoms with Crippen LogP contribution in [0.2, 0.25) is 0 Å². The lowest BCUT2D eigenvalue weighted by Gasteiger charge is -2.18. The van der Waals surface area contributed by atoms with Crippen molar-refractivity contribution in [2.45, 2.75) is 26.2 Å². The van der Waals surface area contributed by atoms with Crippen molar-refractivity contribution in [3.05, 3.63) is 144 Å². The Morgan fingerprint density at radius 2 is 1.79 bits per heavy atom. The van der Waals surface area contributed by atoms with Crippen LogP contribution < -0.4 is 5.32 Å². The molecule has 2 heteroatoms. The van der Waals surface area contributed by atoms with Crippen LogP contribution in [0.15, 0.2) is 127 Å². The lowest BCUT2D eigenvalue weighted by Crippen LogP contribution is -2.08. The summed E-state index contributed by atoms with van der Waals surface area (Å²) in [5.74, 6) is 0.531. The molecule has 1 N–H and O–H groups in total. The van der Waals surface area contributed by atoms with Crippen molar-refractivity contribution in [3.8, 4) is 16.8 Å². The summed E-state index contributed by atoms with van der Waals surface area (Å²) >= 11 is 0. The minimum atomic E-state index is 0.531. The van der Waals surface area contributed by atoms with Gasteiger partial charge in [-0.25, -0.2) is 0 Å².